The quantitative estimate of drug-likeness (QED) is 0.507. The highest BCUT2D eigenvalue weighted by atomic mass is 35.5. The van der Waals surface area contributed by atoms with Crippen molar-refractivity contribution in [3.8, 4) is 0 Å². The van der Waals surface area contributed by atoms with Gasteiger partial charge in [-0.3, -0.25) is 9.59 Å². The lowest BCUT2D eigenvalue weighted by atomic mass is 10.2. The molecule has 1 heterocycles. The van der Waals surface area contributed by atoms with E-state index in [0.29, 0.717) is 10.6 Å². The molecule has 1 aromatic heterocycles. The maximum atomic E-state index is 10.6. The van der Waals surface area contributed by atoms with Gasteiger partial charge in [0.2, 0.25) is 0 Å². The molecule has 0 bridgehead atoms. The van der Waals surface area contributed by atoms with Crippen LogP contribution < -0.4 is 0 Å². The number of hydrogen-bond acceptors (Lipinski definition) is 3. The van der Waals surface area contributed by atoms with Gasteiger partial charge in [-0.25, -0.2) is 4.98 Å². The summed E-state index contributed by atoms with van der Waals surface area (Å²) in [6.45, 7) is 0. The summed E-state index contributed by atoms with van der Waals surface area (Å²) in [4.78, 5) is 24.8. The molecule has 0 N–H and O–H groups in total. The first kappa shape index (κ1) is 18.2. The summed E-state index contributed by atoms with van der Waals surface area (Å²) >= 11 is 27.1. The Bertz CT molecular complexity index is 655. The fraction of sp³-hybridized carbons (Fsp3) is 0. The molecule has 0 aliphatic carbocycles. The van der Waals surface area contributed by atoms with Gasteiger partial charge in [-0.1, -0.05) is 46.9 Å². The molecule has 0 unspecified atom stereocenters. The lowest BCUT2D eigenvalue weighted by Gasteiger charge is -1.97. The van der Waals surface area contributed by atoms with Crippen molar-refractivity contribution in [3.63, 3.8) is 0 Å². The van der Waals surface area contributed by atoms with E-state index in [0.717, 1.165) is 0 Å². The second-order valence-electron chi connectivity index (χ2n) is 3.49. The normalized spacial score (nSPS) is 9.57. The molecule has 21 heavy (non-hydrogen) atoms. The molecule has 0 amide bonds. The molecule has 0 aliphatic rings. The molecule has 0 atom stereocenters. The average Bonchev–Trinajstić information content (AvgIpc) is 2.39. The second-order valence-corrected chi connectivity index (χ2v) is 5.34. The number of nitrogens with zero attached hydrogens (tertiary/aromatic N) is 1. The third-order valence-electron chi connectivity index (χ3n) is 2.14. The SMILES string of the molecule is O=C(Cl)c1c(Cl)ccnc1Cl.O=C(Cl)c1ccccc1Cl. The first-order valence-electron chi connectivity index (χ1n) is 5.28. The zero-order valence-electron chi connectivity index (χ0n) is 10.1. The predicted octanol–water partition coefficient (Wildman–Crippen LogP) is 5.49. The Labute approximate surface area is 145 Å². The Morgan fingerprint density at radius 2 is 1.48 bits per heavy atom. The van der Waals surface area contributed by atoms with Crippen molar-refractivity contribution in [1.29, 1.82) is 0 Å². The highest BCUT2D eigenvalue weighted by molar-refractivity contribution is 6.70. The Hall–Kier alpha value is -0.840. The number of halogens is 5. The second kappa shape index (κ2) is 8.57. The zero-order chi connectivity index (χ0) is 16.0. The van der Waals surface area contributed by atoms with Crippen LogP contribution >= 0.6 is 58.0 Å². The van der Waals surface area contributed by atoms with Gasteiger partial charge in [-0.05, 0) is 41.4 Å². The molecular formula is C13H6Cl5NO2. The van der Waals surface area contributed by atoms with E-state index in [9.17, 15) is 9.59 Å². The summed E-state index contributed by atoms with van der Waals surface area (Å²) in [5.41, 5.74) is 0.406. The van der Waals surface area contributed by atoms with Gasteiger partial charge in [0, 0.05) is 6.20 Å². The number of rotatable bonds is 2. The van der Waals surface area contributed by atoms with Crippen LogP contribution in [0.5, 0.6) is 0 Å². The van der Waals surface area contributed by atoms with Crippen LogP contribution in [0.4, 0.5) is 0 Å². The van der Waals surface area contributed by atoms with Crippen molar-refractivity contribution in [1.82, 2.24) is 4.98 Å². The maximum Gasteiger partial charge on any atom is 0.257 e. The van der Waals surface area contributed by atoms with E-state index < -0.39 is 10.5 Å². The third kappa shape index (κ3) is 5.46. The number of hydrogen-bond donors (Lipinski definition) is 0. The Morgan fingerprint density at radius 1 is 0.857 bits per heavy atom. The van der Waals surface area contributed by atoms with Gasteiger partial charge in [-0.15, -0.1) is 0 Å². The summed E-state index contributed by atoms with van der Waals surface area (Å²) in [5, 5.41) is -0.594. The van der Waals surface area contributed by atoms with E-state index in [1.54, 1.807) is 24.3 Å². The number of aromatic nitrogens is 1. The van der Waals surface area contributed by atoms with Crippen LogP contribution in [0.25, 0.3) is 0 Å². The minimum Gasteiger partial charge on any atom is -0.276 e. The summed E-state index contributed by atoms with van der Waals surface area (Å²) in [7, 11) is 0. The van der Waals surface area contributed by atoms with Gasteiger partial charge in [0.05, 0.1) is 21.2 Å². The first-order valence-corrected chi connectivity index (χ1v) is 7.17. The molecule has 0 aliphatic heterocycles. The van der Waals surface area contributed by atoms with Gasteiger partial charge in [0.1, 0.15) is 5.15 Å². The van der Waals surface area contributed by atoms with Crippen LogP contribution in [-0.4, -0.2) is 15.5 Å². The summed E-state index contributed by atoms with van der Waals surface area (Å²) in [6.07, 6.45) is 1.40. The largest absolute Gasteiger partial charge is 0.276 e. The van der Waals surface area contributed by atoms with E-state index in [2.05, 4.69) is 4.98 Å². The van der Waals surface area contributed by atoms with E-state index in [1.807, 2.05) is 0 Å². The minimum atomic E-state index is -0.701. The monoisotopic (exact) mass is 383 g/mol. The van der Waals surface area contributed by atoms with Crippen molar-refractivity contribution in [2.75, 3.05) is 0 Å². The van der Waals surface area contributed by atoms with Crippen molar-refractivity contribution in [3.05, 3.63) is 62.9 Å². The van der Waals surface area contributed by atoms with Gasteiger partial charge in [0.25, 0.3) is 10.5 Å². The Kier molecular flexibility index (Phi) is 7.43. The molecule has 8 heteroatoms. The smallest absolute Gasteiger partial charge is 0.257 e. The molecule has 110 valence electrons. The van der Waals surface area contributed by atoms with E-state index in [1.165, 1.54) is 12.3 Å². The molecule has 0 radical (unpaired) electrons. The van der Waals surface area contributed by atoms with E-state index >= 15 is 0 Å². The summed E-state index contributed by atoms with van der Waals surface area (Å²) in [6, 6.07) is 8.10. The topological polar surface area (TPSA) is 47.0 Å². The van der Waals surface area contributed by atoms with Crippen LogP contribution in [0, 0.1) is 0 Å². The molecule has 1 aromatic carbocycles. The lowest BCUT2D eigenvalue weighted by Crippen LogP contribution is -1.93. The third-order valence-corrected chi connectivity index (χ3v) is 3.46. The van der Waals surface area contributed by atoms with Crippen molar-refractivity contribution in [2.24, 2.45) is 0 Å². The van der Waals surface area contributed by atoms with Gasteiger partial charge in [-0.2, -0.15) is 0 Å². The number of carbonyl (C=O) groups is 2. The van der Waals surface area contributed by atoms with Crippen LogP contribution in [0.3, 0.4) is 0 Å². The van der Waals surface area contributed by atoms with E-state index in [-0.39, 0.29) is 15.7 Å². The fourth-order valence-electron chi connectivity index (χ4n) is 1.21. The Morgan fingerprint density at radius 3 is 1.86 bits per heavy atom. The molecule has 0 fully saturated rings. The van der Waals surface area contributed by atoms with Crippen LogP contribution in [-0.2, 0) is 0 Å². The van der Waals surface area contributed by atoms with Crippen LogP contribution in [0.2, 0.25) is 15.2 Å². The lowest BCUT2D eigenvalue weighted by molar-refractivity contribution is 0.107. The molecular weight excluding hydrogens is 379 g/mol. The molecule has 0 saturated carbocycles. The molecule has 2 rings (SSSR count). The van der Waals surface area contributed by atoms with Crippen molar-refractivity contribution < 1.29 is 9.59 Å². The van der Waals surface area contributed by atoms with Gasteiger partial charge >= 0.3 is 0 Å². The highest BCUT2D eigenvalue weighted by Gasteiger charge is 2.12. The molecule has 3 nitrogen and oxygen atoms in total. The number of benzene rings is 1. The maximum absolute atomic E-state index is 10.6. The first-order chi connectivity index (χ1) is 9.84. The predicted molar refractivity (Wildman–Crippen MR) is 86.1 cm³/mol. The van der Waals surface area contributed by atoms with Crippen molar-refractivity contribution >= 4 is 68.5 Å². The fourth-order valence-corrected chi connectivity index (χ4v) is 2.46. The molecule has 2 aromatic rings. The van der Waals surface area contributed by atoms with Gasteiger partial charge in [0.15, 0.2) is 0 Å². The van der Waals surface area contributed by atoms with Crippen LogP contribution in [0.1, 0.15) is 20.7 Å². The standard InChI is InChI=1S/C7H4Cl2O.C6H2Cl3NO/c8-6-4-2-1-3-5(6)7(9)10;7-3-1-2-10-5(8)4(3)6(9)11/h1-4H;1-2H. The minimum absolute atomic E-state index is 0.0255. The summed E-state index contributed by atoms with van der Waals surface area (Å²) < 4.78 is 0. The highest BCUT2D eigenvalue weighted by Crippen LogP contribution is 2.23. The van der Waals surface area contributed by atoms with Gasteiger partial charge < -0.3 is 0 Å². The van der Waals surface area contributed by atoms with Crippen LogP contribution in [0.15, 0.2) is 36.5 Å². The zero-order valence-corrected chi connectivity index (χ0v) is 13.9. The molecule has 0 saturated heterocycles. The Balaban J connectivity index is 0.000000211. The number of carbonyl (C=O) groups excluding carboxylic acids is 2. The average molecular weight is 385 g/mol. The van der Waals surface area contributed by atoms with E-state index in [4.69, 9.17) is 58.0 Å². The summed E-state index contributed by atoms with van der Waals surface area (Å²) in [5.74, 6) is 0. The molecule has 0 spiro atoms. The number of pyridine rings is 1. The van der Waals surface area contributed by atoms with Crippen molar-refractivity contribution in [2.45, 2.75) is 0 Å².